The number of rotatable bonds is 5. The molecule has 0 atom stereocenters. The summed E-state index contributed by atoms with van der Waals surface area (Å²) in [6.45, 7) is 6.91. The van der Waals surface area contributed by atoms with Crippen molar-refractivity contribution >= 4 is 43.1 Å². The molecule has 0 saturated heterocycles. The summed E-state index contributed by atoms with van der Waals surface area (Å²) < 4.78 is 0. The first-order chi connectivity index (χ1) is 23.9. The van der Waals surface area contributed by atoms with Crippen LogP contribution < -0.4 is 0 Å². The van der Waals surface area contributed by atoms with E-state index in [4.69, 9.17) is 0 Å². The van der Waals surface area contributed by atoms with E-state index < -0.39 is 0 Å². The van der Waals surface area contributed by atoms with Gasteiger partial charge in [-0.15, -0.1) is 0 Å². The van der Waals surface area contributed by atoms with Crippen LogP contribution in [0.4, 0.5) is 0 Å². The first kappa shape index (κ1) is 29.4. The van der Waals surface area contributed by atoms with Crippen molar-refractivity contribution < 1.29 is 0 Å². The smallest absolute Gasteiger partial charge is 0.0701 e. The predicted octanol–water partition coefficient (Wildman–Crippen LogP) is 13.0. The van der Waals surface area contributed by atoms with Gasteiger partial charge in [0.15, 0.2) is 0 Å². The van der Waals surface area contributed by atoms with Crippen molar-refractivity contribution in [1.82, 2.24) is 4.98 Å². The molecule has 49 heavy (non-hydrogen) atoms. The van der Waals surface area contributed by atoms with E-state index in [0.29, 0.717) is 0 Å². The third-order valence-corrected chi connectivity index (χ3v) is 10.2. The Morgan fingerprint density at radius 1 is 0.469 bits per heavy atom. The van der Waals surface area contributed by atoms with Gasteiger partial charge < -0.3 is 0 Å². The van der Waals surface area contributed by atoms with Crippen LogP contribution in [0.5, 0.6) is 0 Å². The Kier molecular flexibility index (Phi) is 6.84. The van der Waals surface area contributed by atoms with Crippen molar-refractivity contribution in [3.8, 4) is 33.5 Å². The number of pyridine rings is 1. The quantitative estimate of drug-likeness (QED) is 0.173. The highest BCUT2D eigenvalue weighted by Gasteiger charge is 2.20. The second-order valence-corrected chi connectivity index (χ2v) is 14.5. The Morgan fingerprint density at radius 2 is 1.14 bits per heavy atom. The number of fused-ring (bicyclic) bond motifs is 1. The van der Waals surface area contributed by atoms with Crippen molar-refractivity contribution in [2.24, 2.45) is 0 Å². The fraction of sp³-hybridized carbons (Fsp3) is 0.104. The fourth-order valence-electron chi connectivity index (χ4n) is 7.61. The molecule has 0 amide bonds. The minimum absolute atomic E-state index is 0.0756. The van der Waals surface area contributed by atoms with Gasteiger partial charge in [0.05, 0.1) is 5.69 Å². The Labute approximate surface area is 287 Å². The summed E-state index contributed by atoms with van der Waals surface area (Å²) in [6.07, 6.45) is 2.71. The van der Waals surface area contributed by atoms with E-state index in [9.17, 15) is 0 Å². The van der Waals surface area contributed by atoms with E-state index in [1.807, 2.05) is 18.3 Å². The molecule has 1 aromatic heterocycles. The van der Waals surface area contributed by atoms with Crippen LogP contribution in [-0.4, -0.2) is 4.98 Å². The molecular weight excluding hydrogens is 591 g/mol. The maximum Gasteiger partial charge on any atom is 0.0701 e. The molecule has 0 radical (unpaired) electrons. The van der Waals surface area contributed by atoms with Crippen LogP contribution in [0.15, 0.2) is 158 Å². The second kappa shape index (κ2) is 11.4. The second-order valence-electron chi connectivity index (χ2n) is 14.5. The third-order valence-electron chi connectivity index (χ3n) is 10.2. The number of aromatic nitrogens is 1. The zero-order chi connectivity index (χ0) is 33.1. The van der Waals surface area contributed by atoms with Gasteiger partial charge in [-0.1, -0.05) is 148 Å². The first-order valence-corrected chi connectivity index (χ1v) is 17.2. The zero-order valence-electron chi connectivity index (χ0n) is 28.2. The molecule has 0 aliphatic carbocycles. The van der Waals surface area contributed by atoms with Crippen molar-refractivity contribution in [1.29, 1.82) is 0 Å². The van der Waals surface area contributed by atoms with Crippen LogP contribution in [0.25, 0.3) is 76.6 Å². The lowest BCUT2D eigenvalue weighted by atomic mass is 9.81. The monoisotopic (exact) mass is 627 g/mol. The molecule has 0 saturated carbocycles. The van der Waals surface area contributed by atoms with Crippen LogP contribution in [-0.2, 0) is 11.8 Å². The maximum atomic E-state index is 4.59. The molecule has 234 valence electrons. The fourth-order valence-corrected chi connectivity index (χ4v) is 7.61. The van der Waals surface area contributed by atoms with E-state index in [1.165, 1.54) is 82.0 Å². The molecule has 0 fully saturated rings. The summed E-state index contributed by atoms with van der Waals surface area (Å²) in [5, 5.41) is 10.5. The molecular formula is C48H37N. The standard InChI is InChI=1S/C48H37N/c1-48(2,3)41-28-38-20-22-42-40(26-31-9-8-12-35(25-31)37-19-14-32-10-4-5-11-36(32)27-37)30-44(43-23-21-39(29-41)46(38)47(42)43)33-15-17-34(18-16-33)45-13-6-7-24-49-45/h4-25,27-30H,26H2,1-3H3. The lowest BCUT2D eigenvalue weighted by Gasteiger charge is -2.23. The molecule has 0 aliphatic heterocycles. The summed E-state index contributed by atoms with van der Waals surface area (Å²) in [5.74, 6) is 0. The lowest BCUT2D eigenvalue weighted by Crippen LogP contribution is -2.10. The summed E-state index contributed by atoms with van der Waals surface area (Å²) >= 11 is 0. The molecule has 0 aliphatic rings. The average molecular weight is 628 g/mol. The van der Waals surface area contributed by atoms with E-state index in [0.717, 1.165) is 17.7 Å². The third kappa shape index (κ3) is 5.23. The summed E-state index contributed by atoms with van der Waals surface area (Å²) in [5.41, 5.74) is 11.2. The van der Waals surface area contributed by atoms with Crippen molar-refractivity contribution in [3.63, 3.8) is 0 Å². The predicted molar refractivity (Wildman–Crippen MR) is 210 cm³/mol. The highest BCUT2D eigenvalue weighted by atomic mass is 14.7. The molecule has 1 heteroatoms. The molecule has 1 heterocycles. The van der Waals surface area contributed by atoms with Crippen molar-refractivity contribution in [2.45, 2.75) is 32.6 Å². The van der Waals surface area contributed by atoms with Gasteiger partial charge in [-0.25, -0.2) is 0 Å². The minimum Gasteiger partial charge on any atom is -0.256 e. The Bertz CT molecular complexity index is 2620. The molecule has 0 bridgehead atoms. The number of hydrogen-bond donors (Lipinski definition) is 0. The Hall–Kier alpha value is -5.79. The normalized spacial score (nSPS) is 12.1. The highest BCUT2D eigenvalue weighted by molar-refractivity contribution is 6.26. The SMILES string of the molecule is CC(C)(C)c1cc2ccc3c(Cc4cccc(-c5ccc6ccccc6c5)c4)cc(-c4ccc(-c5ccccn5)cc4)c4ccc(c1)c2c34. The Morgan fingerprint density at radius 3 is 1.90 bits per heavy atom. The van der Waals surface area contributed by atoms with Crippen molar-refractivity contribution in [3.05, 3.63) is 175 Å². The summed E-state index contributed by atoms with van der Waals surface area (Å²) in [7, 11) is 0. The topological polar surface area (TPSA) is 12.9 Å². The van der Waals surface area contributed by atoms with Gasteiger partial charge in [-0.05, 0) is 118 Å². The molecule has 0 unspecified atom stereocenters. The van der Waals surface area contributed by atoms with Gasteiger partial charge in [0.2, 0.25) is 0 Å². The van der Waals surface area contributed by atoms with Gasteiger partial charge in [0.1, 0.15) is 0 Å². The molecule has 0 spiro atoms. The minimum atomic E-state index is 0.0756. The molecule has 8 aromatic carbocycles. The van der Waals surface area contributed by atoms with Crippen LogP contribution in [0, 0.1) is 0 Å². The van der Waals surface area contributed by atoms with Gasteiger partial charge >= 0.3 is 0 Å². The largest absolute Gasteiger partial charge is 0.256 e. The first-order valence-electron chi connectivity index (χ1n) is 17.2. The zero-order valence-corrected chi connectivity index (χ0v) is 28.2. The van der Waals surface area contributed by atoms with E-state index in [1.54, 1.807) is 0 Å². The molecule has 1 nitrogen and oxygen atoms in total. The van der Waals surface area contributed by atoms with E-state index >= 15 is 0 Å². The molecule has 9 rings (SSSR count). The van der Waals surface area contributed by atoms with Gasteiger partial charge in [-0.3, -0.25) is 4.98 Å². The van der Waals surface area contributed by atoms with Crippen LogP contribution >= 0.6 is 0 Å². The molecule has 0 N–H and O–H groups in total. The maximum absolute atomic E-state index is 4.59. The molecule has 9 aromatic rings. The number of hydrogen-bond acceptors (Lipinski definition) is 1. The van der Waals surface area contributed by atoms with E-state index in [2.05, 4.69) is 165 Å². The summed E-state index contributed by atoms with van der Waals surface area (Å²) in [6, 6.07) is 56.1. The van der Waals surface area contributed by atoms with Gasteiger partial charge in [0, 0.05) is 11.8 Å². The van der Waals surface area contributed by atoms with Crippen LogP contribution in [0.1, 0.15) is 37.5 Å². The summed E-state index contributed by atoms with van der Waals surface area (Å²) in [4.78, 5) is 4.59. The van der Waals surface area contributed by atoms with Crippen LogP contribution in [0.3, 0.4) is 0 Å². The average Bonchev–Trinajstić information content (AvgIpc) is 3.14. The van der Waals surface area contributed by atoms with E-state index in [-0.39, 0.29) is 5.41 Å². The Balaban J connectivity index is 1.22. The van der Waals surface area contributed by atoms with Crippen molar-refractivity contribution in [2.75, 3.05) is 0 Å². The van der Waals surface area contributed by atoms with Crippen LogP contribution in [0.2, 0.25) is 0 Å². The number of nitrogens with zero attached hydrogens (tertiary/aromatic N) is 1. The number of benzene rings is 8. The van der Waals surface area contributed by atoms with Gasteiger partial charge in [-0.2, -0.15) is 0 Å². The lowest BCUT2D eigenvalue weighted by molar-refractivity contribution is 0.591. The van der Waals surface area contributed by atoms with Gasteiger partial charge in [0.25, 0.3) is 0 Å². The highest BCUT2D eigenvalue weighted by Crippen LogP contribution is 2.43.